The third-order valence-electron chi connectivity index (χ3n) is 4.30. The fourth-order valence-electron chi connectivity index (χ4n) is 3.13. The minimum absolute atomic E-state index is 0.658. The van der Waals surface area contributed by atoms with E-state index in [1.165, 1.54) is 43.5 Å². The van der Waals surface area contributed by atoms with Gasteiger partial charge in [0.1, 0.15) is 12.1 Å². The summed E-state index contributed by atoms with van der Waals surface area (Å²) in [5.41, 5.74) is 2.61. The van der Waals surface area contributed by atoms with Crippen LogP contribution >= 0.6 is 0 Å². The number of rotatable bonds is 3. The third-order valence-corrected chi connectivity index (χ3v) is 4.30. The summed E-state index contributed by atoms with van der Waals surface area (Å²) in [4.78, 5) is 11.3. The lowest BCUT2D eigenvalue weighted by Crippen LogP contribution is -2.41. The Balaban J connectivity index is 1.65. The van der Waals surface area contributed by atoms with Crippen molar-refractivity contribution in [3.8, 4) is 0 Å². The van der Waals surface area contributed by atoms with E-state index in [0.29, 0.717) is 6.04 Å². The maximum atomic E-state index is 4.42. The molecule has 0 aromatic carbocycles. The van der Waals surface area contributed by atoms with Gasteiger partial charge in [-0.25, -0.2) is 9.97 Å². The van der Waals surface area contributed by atoms with Crippen molar-refractivity contribution in [2.75, 3.05) is 25.5 Å². The first kappa shape index (κ1) is 11.9. The van der Waals surface area contributed by atoms with Crippen molar-refractivity contribution in [1.29, 1.82) is 0 Å². The van der Waals surface area contributed by atoms with Crippen LogP contribution in [0.2, 0.25) is 0 Å². The quantitative estimate of drug-likeness (QED) is 0.884. The molecular weight excluding hydrogens is 224 g/mol. The number of fused-ring (bicyclic) bond motifs is 1. The highest BCUT2D eigenvalue weighted by Gasteiger charge is 2.21. The van der Waals surface area contributed by atoms with E-state index in [4.69, 9.17) is 0 Å². The summed E-state index contributed by atoms with van der Waals surface area (Å²) in [6, 6.07) is 0.658. The van der Waals surface area contributed by atoms with E-state index in [1.807, 2.05) is 0 Å². The van der Waals surface area contributed by atoms with Crippen LogP contribution in [-0.2, 0) is 12.8 Å². The molecular formula is C14H22N4. The molecule has 0 bridgehead atoms. The zero-order chi connectivity index (χ0) is 12.4. The van der Waals surface area contributed by atoms with Crippen LogP contribution < -0.4 is 5.32 Å². The van der Waals surface area contributed by atoms with Crippen molar-refractivity contribution in [3.05, 3.63) is 17.6 Å². The van der Waals surface area contributed by atoms with Gasteiger partial charge in [0.15, 0.2) is 0 Å². The number of nitrogens with zero attached hydrogens (tertiary/aromatic N) is 3. The van der Waals surface area contributed by atoms with Crippen LogP contribution in [0.5, 0.6) is 0 Å². The number of hydrogen-bond acceptors (Lipinski definition) is 4. The molecule has 1 aromatic rings. The Bertz CT molecular complexity index is 418. The number of hydrogen-bond donors (Lipinski definition) is 1. The highest BCUT2D eigenvalue weighted by molar-refractivity contribution is 5.48. The smallest absolute Gasteiger partial charge is 0.132 e. The summed E-state index contributed by atoms with van der Waals surface area (Å²) in [6.45, 7) is 2.24. The zero-order valence-electron chi connectivity index (χ0n) is 11.2. The van der Waals surface area contributed by atoms with Gasteiger partial charge in [-0.05, 0) is 45.7 Å². The Kier molecular flexibility index (Phi) is 3.46. The summed E-state index contributed by atoms with van der Waals surface area (Å²) in [5.74, 6) is 1.08. The molecule has 1 saturated heterocycles. The Hall–Kier alpha value is -1.16. The van der Waals surface area contributed by atoms with Gasteiger partial charge in [0.05, 0.1) is 0 Å². The first-order chi connectivity index (χ1) is 8.84. The molecule has 1 N–H and O–H groups in total. The summed E-state index contributed by atoms with van der Waals surface area (Å²) in [5, 5.41) is 3.55. The molecule has 2 aliphatic rings. The van der Waals surface area contributed by atoms with E-state index in [0.717, 1.165) is 25.2 Å². The zero-order valence-corrected chi connectivity index (χ0v) is 11.2. The van der Waals surface area contributed by atoms with E-state index in [9.17, 15) is 0 Å². The summed E-state index contributed by atoms with van der Waals surface area (Å²) in [6.07, 6.45) is 9.20. The Morgan fingerprint density at radius 2 is 2.22 bits per heavy atom. The first-order valence-electron chi connectivity index (χ1n) is 7.11. The van der Waals surface area contributed by atoms with Crippen LogP contribution in [0.15, 0.2) is 6.33 Å². The molecule has 0 saturated carbocycles. The summed E-state index contributed by atoms with van der Waals surface area (Å²) < 4.78 is 0. The van der Waals surface area contributed by atoms with Gasteiger partial charge in [0.25, 0.3) is 0 Å². The first-order valence-corrected chi connectivity index (χ1v) is 7.11. The molecule has 0 radical (unpaired) electrons. The van der Waals surface area contributed by atoms with Crippen LogP contribution in [0, 0.1) is 0 Å². The van der Waals surface area contributed by atoms with Gasteiger partial charge in [0, 0.05) is 23.8 Å². The van der Waals surface area contributed by atoms with Crippen molar-refractivity contribution in [1.82, 2.24) is 14.9 Å². The molecule has 18 heavy (non-hydrogen) atoms. The van der Waals surface area contributed by atoms with E-state index in [1.54, 1.807) is 6.33 Å². The van der Waals surface area contributed by atoms with E-state index in [-0.39, 0.29) is 0 Å². The monoisotopic (exact) mass is 246 g/mol. The average Bonchev–Trinajstić information content (AvgIpc) is 2.86. The van der Waals surface area contributed by atoms with Gasteiger partial charge in [-0.1, -0.05) is 6.42 Å². The van der Waals surface area contributed by atoms with Crippen molar-refractivity contribution in [2.24, 2.45) is 0 Å². The van der Waals surface area contributed by atoms with E-state index < -0.39 is 0 Å². The Morgan fingerprint density at radius 1 is 1.28 bits per heavy atom. The van der Waals surface area contributed by atoms with Gasteiger partial charge >= 0.3 is 0 Å². The molecule has 1 aliphatic heterocycles. The molecule has 1 unspecified atom stereocenters. The molecule has 1 aliphatic carbocycles. The standard InChI is InChI=1S/C14H22N4/c1-18-8-3-2-5-11(18)9-15-14-12-6-4-7-13(12)16-10-17-14/h10-11H,2-9H2,1H3,(H,15,16,17). The van der Waals surface area contributed by atoms with Crippen molar-refractivity contribution < 1.29 is 0 Å². The van der Waals surface area contributed by atoms with Gasteiger partial charge in [-0.3, -0.25) is 0 Å². The second-order valence-corrected chi connectivity index (χ2v) is 5.51. The molecule has 0 spiro atoms. The van der Waals surface area contributed by atoms with Gasteiger partial charge in [-0.15, -0.1) is 0 Å². The van der Waals surface area contributed by atoms with Gasteiger partial charge in [0.2, 0.25) is 0 Å². The highest BCUT2D eigenvalue weighted by Crippen LogP contribution is 2.25. The van der Waals surface area contributed by atoms with Crippen LogP contribution in [-0.4, -0.2) is 41.0 Å². The lowest BCUT2D eigenvalue weighted by atomic mass is 10.0. The highest BCUT2D eigenvalue weighted by atomic mass is 15.2. The summed E-state index contributed by atoms with van der Waals surface area (Å²) in [7, 11) is 2.23. The third kappa shape index (κ3) is 2.34. The Morgan fingerprint density at radius 3 is 3.11 bits per heavy atom. The minimum atomic E-state index is 0.658. The fraction of sp³-hybridized carbons (Fsp3) is 0.714. The molecule has 4 nitrogen and oxygen atoms in total. The maximum absolute atomic E-state index is 4.42. The van der Waals surface area contributed by atoms with Crippen LogP contribution in [0.1, 0.15) is 36.9 Å². The van der Waals surface area contributed by atoms with E-state index >= 15 is 0 Å². The van der Waals surface area contributed by atoms with Crippen molar-refractivity contribution >= 4 is 5.82 Å². The van der Waals surface area contributed by atoms with E-state index in [2.05, 4.69) is 27.2 Å². The molecule has 3 rings (SSSR count). The van der Waals surface area contributed by atoms with Crippen molar-refractivity contribution in [3.63, 3.8) is 0 Å². The number of aromatic nitrogens is 2. The normalized spacial score (nSPS) is 23.9. The van der Waals surface area contributed by atoms with Gasteiger partial charge in [-0.2, -0.15) is 0 Å². The number of likely N-dealkylation sites (N-methyl/N-ethyl adjacent to an activating group) is 1. The SMILES string of the molecule is CN1CCCCC1CNc1ncnc2c1CCC2. The molecule has 98 valence electrons. The Labute approximate surface area is 109 Å². The molecule has 1 atom stereocenters. The second kappa shape index (κ2) is 5.22. The lowest BCUT2D eigenvalue weighted by molar-refractivity contribution is 0.194. The van der Waals surface area contributed by atoms with Gasteiger partial charge < -0.3 is 10.2 Å². The molecule has 1 fully saturated rings. The average molecular weight is 246 g/mol. The number of likely N-dealkylation sites (tertiary alicyclic amines) is 1. The topological polar surface area (TPSA) is 41.0 Å². The molecule has 2 heterocycles. The largest absolute Gasteiger partial charge is 0.368 e. The molecule has 1 aromatic heterocycles. The second-order valence-electron chi connectivity index (χ2n) is 5.51. The minimum Gasteiger partial charge on any atom is -0.368 e. The number of nitrogens with one attached hydrogen (secondary N) is 1. The van der Waals surface area contributed by atoms with Crippen molar-refractivity contribution in [2.45, 2.75) is 44.6 Å². The van der Waals surface area contributed by atoms with Crippen LogP contribution in [0.4, 0.5) is 5.82 Å². The lowest BCUT2D eigenvalue weighted by Gasteiger charge is -2.32. The van der Waals surface area contributed by atoms with Crippen LogP contribution in [0.3, 0.4) is 0 Å². The predicted octanol–water partition coefficient (Wildman–Crippen LogP) is 1.86. The fourth-order valence-corrected chi connectivity index (χ4v) is 3.13. The maximum Gasteiger partial charge on any atom is 0.132 e. The van der Waals surface area contributed by atoms with Crippen LogP contribution in [0.25, 0.3) is 0 Å². The molecule has 4 heteroatoms. The number of anilines is 1. The number of piperidine rings is 1. The predicted molar refractivity (Wildman–Crippen MR) is 72.8 cm³/mol. The number of aryl methyl sites for hydroxylation is 1. The summed E-state index contributed by atoms with van der Waals surface area (Å²) >= 11 is 0. The molecule has 0 amide bonds.